The Morgan fingerprint density at radius 1 is 0.750 bits per heavy atom. The van der Waals surface area contributed by atoms with Gasteiger partial charge in [0.1, 0.15) is 0 Å². The van der Waals surface area contributed by atoms with Crippen LogP contribution in [0.3, 0.4) is 0 Å². The minimum atomic E-state index is -0.932. The van der Waals surface area contributed by atoms with Crippen molar-refractivity contribution >= 4 is 11.9 Å². The fraction of sp³-hybridized carbons (Fsp3) is 0.833. The summed E-state index contributed by atoms with van der Waals surface area (Å²) in [6.07, 6.45) is 6.07. The van der Waals surface area contributed by atoms with Crippen LogP contribution >= 0.6 is 0 Å². The lowest BCUT2D eigenvalue weighted by atomic mass is 10.2. The van der Waals surface area contributed by atoms with Crippen LogP contribution in [0.5, 0.6) is 0 Å². The van der Waals surface area contributed by atoms with Crippen molar-refractivity contribution in [2.24, 2.45) is 0 Å². The topological polar surface area (TPSA) is 80.3 Å². The van der Waals surface area contributed by atoms with Gasteiger partial charge in [-0.05, 0) is 25.7 Å². The van der Waals surface area contributed by atoms with E-state index in [1.807, 2.05) is 13.8 Å². The Labute approximate surface area is 97.7 Å². The number of rotatable bonds is 8. The van der Waals surface area contributed by atoms with Crippen molar-refractivity contribution in [1.29, 1.82) is 0 Å². The molecule has 4 heteroatoms. The van der Waals surface area contributed by atoms with Crippen molar-refractivity contribution in [3.8, 4) is 0 Å². The monoisotopic (exact) mass is 230 g/mol. The van der Waals surface area contributed by atoms with E-state index in [1.165, 1.54) is 0 Å². The summed E-state index contributed by atoms with van der Waals surface area (Å²) >= 11 is 0. The summed E-state index contributed by atoms with van der Waals surface area (Å²) in [7, 11) is 0. The molecular weight excluding hydrogens is 208 g/mol. The molecule has 0 amide bonds. The molecule has 0 atom stereocenters. The number of carboxylic acid groups (broad SMARTS) is 2. The fourth-order valence-electron chi connectivity index (χ4n) is 1.04. The van der Waals surface area contributed by atoms with Crippen molar-refractivity contribution in [3.63, 3.8) is 0 Å². The molecule has 0 rings (SSSR count). The Bertz CT molecular complexity index is 158. The van der Waals surface area contributed by atoms with Gasteiger partial charge in [0.05, 0.1) is 0 Å². The minimum Gasteiger partial charge on any atom is -0.550 e. The molecule has 0 aromatic carbocycles. The standard InChI is InChI=1S/2C6H12O2/c2*1-2-3-4-5-6(7)8/h2*2-5H2,1H3,(H,7,8)/p-2. The lowest BCUT2D eigenvalue weighted by molar-refractivity contribution is -0.307. The maximum atomic E-state index is 9.76. The van der Waals surface area contributed by atoms with Crippen molar-refractivity contribution in [2.75, 3.05) is 0 Å². The van der Waals surface area contributed by atoms with Crippen molar-refractivity contribution in [3.05, 3.63) is 0 Å². The molecule has 0 saturated heterocycles. The van der Waals surface area contributed by atoms with Gasteiger partial charge in [-0.3, -0.25) is 0 Å². The second kappa shape index (κ2) is 13.9. The predicted molar refractivity (Wildman–Crippen MR) is 58.3 cm³/mol. The molecule has 96 valence electrons. The van der Waals surface area contributed by atoms with Gasteiger partial charge in [0, 0.05) is 11.9 Å². The molecule has 0 aliphatic carbocycles. The summed E-state index contributed by atoms with van der Waals surface area (Å²) in [6, 6.07) is 0. The molecule has 0 saturated carbocycles. The Morgan fingerprint density at radius 3 is 1.25 bits per heavy atom. The van der Waals surface area contributed by atoms with Gasteiger partial charge in [-0.1, -0.05) is 39.5 Å². The molecule has 0 radical (unpaired) electrons. The van der Waals surface area contributed by atoms with Crippen LogP contribution in [0.1, 0.15) is 65.2 Å². The highest BCUT2D eigenvalue weighted by molar-refractivity contribution is 5.64. The molecule has 0 N–H and O–H groups in total. The largest absolute Gasteiger partial charge is 0.550 e. The van der Waals surface area contributed by atoms with Gasteiger partial charge in [-0.2, -0.15) is 0 Å². The molecule has 0 aliphatic rings. The van der Waals surface area contributed by atoms with Crippen LogP contribution in [0.2, 0.25) is 0 Å². The first kappa shape index (κ1) is 17.3. The first-order valence-corrected chi connectivity index (χ1v) is 5.94. The highest BCUT2D eigenvalue weighted by Crippen LogP contribution is 1.96. The van der Waals surface area contributed by atoms with E-state index in [4.69, 9.17) is 0 Å². The van der Waals surface area contributed by atoms with Gasteiger partial charge >= 0.3 is 0 Å². The molecule has 0 aliphatic heterocycles. The van der Waals surface area contributed by atoms with Crippen molar-refractivity contribution < 1.29 is 19.8 Å². The zero-order chi connectivity index (χ0) is 12.8. The molecule has 0 spiro atoms. The normalized spacial score (nSPS) is 9.12. The summed E-state index contributed by atoms with van der Waals surface area (Å²) in [5.74, 6) is -1.86. The molecule has 16 heavy (non-hydrogen) atoms. The number of hydrogen-bond acceptors (Lipinski definition) is 4. The molecule has 0 heterocycles. The van der Waals surface area contributed by atoms with Gasteiger partial charge < -0.3 is 19.8 Å². The summed E-state index contributed by atoms with van der Waals surface area (Å²) in [6.45, 7) is 4.07. The van der Waals surface area contributed by atoms with Crippen LogP contribution in [0.15, 0.2) is 0 Å². The van der Waals surface area contributed by atoms with Crippen LogP contribution in [0.25, 0.3) is 0 Å². The zero-order valence-electron chi connectivity index (χ0n) is 10.3. The van der Waals surface area contributed by atoms with Crippen LogP contribution in [-0.4, -0.2) is 11.9 Å². The Morgan fingerprint density at radius 2 is 1.06 bits per heavy atom. The Hall–Kier alpha value is -1.06. The highest BCUT2D eigenvalue weighted by atomic mass is 16.4. The third-order valence-corrected chi connectivity index (χ3v) is 1.97. The number of carboxylic acids is 2. The maximum absolute atomic E-state index is 9.76. The quantitative estimate of drug-likeness (QED) is 0.573. The number of carbonyl (C=O) groups excluding carboxylic acids is 2. The number of unbranched alkanes of at least 4 members (excludes halogenated alkanes) is 4. The van der Waals surface area contributed by atoms with E-state index in [0.717, 1.165) is 38.5 Å². The summed E-state index contributed by atoms with van der Waals surface area (Å²) < 4.78 is 0. The highest BCUT2D eigenvalue weighted by Gasteiger charge is 1.84. The van der Waals surface area contributed by atoms with Gasteiger partial charge in [-0.25, -0.2) is 0 Å². The molecule has 0 bridgehead atoms. The van der Waals surface area contributed by atoms with Crippen molar-refractivity contribution in [1.82, 2.24) is 0 Å². The van der Waals surface area contributed by atoms with E-state index in [1.54, 1.807) is 0 Å². The van der Waals surface area contributed by atoms with Crippen LogP contribution in [0.4, 0.5) is 0 Å². The molecule has 0 aromatic heterocycles. The zero-order valence-corrected chi connectivity index (χ0v) is 10.3. The van der Waals surface area contributed by atoms with E-state index < -0.39 is 11.9 Å². The fourth-order valence-corrected chi connectivity index (χ4v) is 1.04. The number of aliphatic carboxylic acids is 2. The molecule has 0 aromatic rings. The Balaban J connectivity index is 0. The average molecular weight is 230 g/mol. The molecule has 0 fully saturated rings. The van der Waals surface area contributed by atoms with Crippen LogP contribution in [-0.2, 0) is 9.59 Å². The predicted octanol–water partition coefficient (Wildman–Crippen LogP) is 0.633. The van der Waals surface area contributed by atoms with E-state index >= 15 is 0 Å². The van der Waals surface area contributed by atoms with E-state index in [-0.39, 0.29) is 12.8 Å². The summed E-state index contributed by atoms with van der Waals surface area (Å²) in [4.78, 5) is 19.5. The summed E-state index contributed by atoms with van der Waals surface area (Å²) in [5, 5.41) is 19.5. The minimum absolute atomic E-state index is 0.216. The molecule has 4 nitrogen and oxygen atoms in total. The lowest BCUT2D eigenvalue weighted by Gasteiger charge is -1.97. The first-order chi connectivity index (χ1) is 7.54. The van der Waals surface area contributed by atoms with E-state index in [9.17, 15) is 19.8 Å². The summed E-state index contributed by atoms with van der Waals surface area (Å²) in [5.41, 5.74) is 0. The first-order valence-electron chi connectivity index (χ1n) is 5.94. The van der Waals surface area contributed by atoms with Crippen LogP contribution in [0, 0.1) is 0 Å². The number of hydrogen-bond donors (Lipinski definition) is 0. The van der Waals surface area contributed by atoms with E-state index in [0.29, 0.717) is 0 Å². The Kier molecular flexibility index (Phi) is 15.1. The molecule has 0 unspecified atom stereocenters. The SMILES string of the molecule is CCCCCC(=O)[O-].CCCCCC(=O)[O-]. The van der Waals surface area contributed by atoms with Crippen LogP contribution < -0.4 is 10.2 Å². The second-order valence-electron chi connectivity index (χ2n) is 3.66. The third-order valence-electron chi connectivity index (χ3n) is 1.97. The maximum Gasteiger partial charge on any atom is 0.0414 e. The van der Waals surface area contributed by atoms with Gasteiger partial charge in [0.25, 0.3) is 0 Å². The van der Waals surface area contributed by atoms with Gasteiger partial charge in [0.2, 0.25) is 0 Å². The smallest absolute Gasteiger partial charge is 0.0414 e. The molecular formula is C12H22O4-2. The van der Waals surface area contributed by atoms with Gasteiger partial charge in [-0.15, -0.1) is 0 Å². The van der Waals surface area contributed by atoms with Crippen molar-refractivity contribution in [2.45, 2.75) is 65.2 Å². The lowest BCUT2D eigenvalue weighted by Crippen LogP contribution is -2.21. The third kappa shape index (κ3) is 23.1. The number of carbonyl (C=O) groups is 2. The second-order valence-corrected chi connectivity index (χ2v) is 3.66. The average Bonchev–Trinajstić information content (AvgIpc) is 2.18. The van der Waals surface area contributed by atoms with E-state index in [2.05, 4.69) is 0 Å². The van der Waals surface area contributed by atoms with Gasteiger partial charge in [0.15, 0.2) is 0 Å².